The van der Waals surface area contributed by atoms with Gasteiger partial charge in [-0.2, -0.15) is 13.2 Å². The first-order valence-corrected chi connectivity index (χ1v) is 6.38. The highest BCUT2D eigenvalue weighted by Crippen LogP contribution is 2.40. The third kappa shape index (κ3) is 4.48. The van der Waals surface area contributed by atoms with Gasteiger partial charge in [0.2, 0.25) is 0 Å². The van der Waals surface area contributed by atoms with E-state index in [1.165, 1.54) is 13.8 Å². The van der Waals surface area contributed by atoms with E-state index in [0.29, 0.717) is 0 Å². The fourth-order valence-electron chi connectivity index (χ4n) is 2.23. The molecule has 1 fully saturated rings. The third-order valence-corrected chi connectivity index (χ3v) is 3.07. The number of carboxylic acids is 1. The zero-order valence-corrected chi connectivity index (χ0v) is 12.1. The van der Waals surface area contributed by atoms with Crippen LogP contribution in [0.1, 0.15) is 27.2 Å². The number of urea groups is 1. The lowest BCUT2D eigenvalue weighted by atomic mass is 9.97. The van der Waals surface area contributed by atoms with Gasteiger partial charge in [-0.3, -0.25) is 4.79 Å². The van der Waals surface area contributed by atoms with Crippen molar-refractivity contribution < 1.29 is 32.6 Å². The van der Waals surface area contributed by atoms with Gasteiger partial charge in [0.05, 0.1) is 25.1 Å². The number of nitrogens with one attached hydrogen (secondary N) is 1. The summed E-state index contributed by atoms with van der Waals surface area (Å²) in [7, 11) is 0. The SMILES string of the molecule is CC1(C)CN(C(=O)NCCC(=O)O)CC(C)(C(F)(F)F)O1. The first-order valence-electron chi connectivity index (χ1n) is 6.38. The highest BCUT2D eigenvalue weighted by atomic mass is 19.4. The molecule has 0 radical (unpaired) electrons. The summed E-state index contributed by atoms with van der Waals surface area (Å²) >= 11 is 0. The Labute approximate surface area is 120 Å². The van der Waals surface area contributed by atoms with E-state index in [4.69, 9.17) is 9.84 Å². The zero-order chi connectivity index (χ0) is 16.5. The second-order valence-electron chi connectivity index (χ2n) is 5.82. The van der Waals surface area contributed by atoms with Gasteiger partial charge in [-0.1, -0.05) is 0 Å². The Hall–Kier alpha value is -1.51. The Balaban J connectivity index is 2.78. The van der Waals surface area contributed by atoms with Crippen LogP contribution in [0.2, 0.25) is 0 Å². The topological polar surface area (TPSA) is 78.9 Å². The van der Waals surface area contributed by atoms with E-state index >= 15 is 0 Å². The first-order chi connectivity index (χ1) is 9.36. The van der Waals surface area contributed by atoms with Crippen LogP contribution in [0.15, 0.2) is 0 Å². The van der Waals surface area contributed by atoms with E-state index < -0.39 is 35.9 Å². The normalized spacial score (nSPS) is 25.5. The largest absolute Gasteiger partial charge is 0.481 e. The number of halogens is 3. The molecule has 0 aromatic heterocycles. The summed E-state index contributed by atoms with van der Waals surface area (Å²) in [6.45, 7) is 3.03. The average Bonchev–Trinajstić information content (AvgIpc) is 2.24. The van der Waals surface area contributed by atoms with Gasteiger partial charge in [0.15, 0.2) is 5.60 Å². The van der Waals surface area contributed by atoms with Crippen molar-refractivity contribution in [1.29, 1.82) is 0 Å². The van der Waals surface area contributed by atoms with Gasteiger partial charge in [-0.15, -0.1) is 0 Å². The van der Waals surface area contributed by atoms with Crippen LogP contribution in [0.5, 0.6) is 0 Å². The molecule has 0 spiro atoms. The Kier molecular flexibility index (Phi) is 4.76. The molecule has 1 heterocycles. The number of morpholine rings is 1. The molecule has 0 bridgehead atoms. The third-order valence-electron chi connectivity index (χ3n) is 3.07. The molecule has 1 saturated heterocycles. The molecular formula is C12H19F3N2O4. The Morgan fingerprint density at radius 1 is 1.29 bits per heavy atom. The second-order valence-corrected chi connectivity index (χ2v) is 5.82. The molecule has 0 aromatic rings. The average molecular weight is 312 g/mol. The number of aliphatic carboxylic acids is 1. The van der Waals surface area contributed by atoms with Crippen LogP contribution in [0.25, 0.3) is 0 Å². The number of alkyl halides is 3. The fourth-order valence-corrected chi connectivity index (χ4v) is 2.23. The molecule has 1 rings (SSSR count). The standard InChI is InChI=1S/C12H19F3N2O4/c1-10(2)6-17(9(20)16-5-4-8(18)19)7-11(3,21-10)12(13,14)15/h4-7H2,1-3H3,(H,16,20)(H,18,19). The van der Waals surface area contributed by atoms with Crippen LogP contribution in [-0.4, -0.2) is 59.0 Å². The molecule has 0 aliphatic carbocycles. The van der Waals surface area contributed by atoms with Gasteiger partial charge in [-0.25, -0.2) is 4.79 Å². The van der Waals surface area contributed by atoms with Gasteiger partial charge in [-0.05, 0) is 20.8 Å². The summed E-state index contributed by atoms with van der Waals surface area (Å²) in [5.74, 6) is -1.10. The van der Waals surface area contributed by atoms with Gasteiger partial charge >= 0.3 is 18.2 Å². The molecule has 0 saturated carbocycles. The number of ether oxygens (including phenoxy) is 1. The van der Waals surface area contributed by atoms with Crippen molar-refractivity contribution in [2.75, 3.05) is 19.6 Å². The van der Waals surface area contributed by atoms with E-state index in [9.17, 15) is 22.8 Å². The number of rotatable bonds is 3. The minimum absolute atomic E-state index is 0.0163. The van der Waals surface area contributed by atoms with E-state index in [0.717, 1.165) is 11.8 Å². The van der Waals surface area contributed by atoms with Gasteiger partial charge in [0, 0.05) is 6.54 Å². The molecule has 0 aromatic carbocycles. The summed E-state index contributed by atoms with van der Waals surface area (Å²) in [6.07, 6.45) is -4.92. The van der Waals surface area contributed by atoms with Crippen LogP contribution in [0.3, 0.4) is 0 Å². The van der Waals surface area contributed by atoms with E-state index in [1.54, 1.807) is 0 Å². The number of hydrogen-bond donors (Lipinski definition) is 2. The highest BCUT2D eigenvalue weighted by molar-refractivity contribution is 5.75. The minimum atomic E-state index is -4.62. The molecule has 1 unspecified atom stereocenters. The van der Waals surface area contributed by atoms with Gasteiger partial charge in [0.1, 0.15) is 0 Å². The van der Waals surface area contributed by atoms with E-state index in [2.05, 4.69) is 5.32 Å². The molecule has 1 atom stereocenters. The first kappa shape index (κ1) is 17.5. The Morgan fingerprint density at radius 3 is 2.33 bits per heavy atom. The summed E-state index contributed by atoms with van der Waals surface area (Å²) in [6, 6.07) is -0.733. The lowest BCUT2D eigenvalue weighted by molar-refractivity contribution is -0.318. The number of hydrogen-bond acceptors (Lipinski definition) is 3. The fraction of sp³-hybridized carbons (Fsp3) is 0.833. The summed E-state index contributed by atoms with van der Waals surface area (Å²) in [5, 5.41) is 10.8. The van der Waals surface area contributed by atoms with Crippen LogP contribution < -0.4 is 5.32 Å². The monoisotopic (exact) mass is 312 g/mol. The van der Waals surface area contributed by atoms with Crippen LogP contribution >= 0.6 is 0 Å². The summed E-state index contributed by atoms with van der Waals surface area (Å²) in [5.41, 5.74) is -3.62. The molecule has 2 amide bonds. The van der Waals surface area contributed by atoms with Gasteiger partial charge < -0.3 is 20.1 Å². The van der Waals surface area contributed by atoms with Crippen molar-refractivity contribution in [3.63, 3.8) is 0 Å². The predicted molar refractivity (Wildman–Crippen MR) is 66.8 cm³/mol. The maximum atomic E-state index is 13.1. The number of nitrogens with zero attached hydrogens (tertiary/aromatic N) is 1. The highest BCUT2D eigenvalue weighted by Gasteiger charge is 2.58. The Bertz CT molecular complexity index is 425. The van der Waals surface area contributed by atoms with Crippen molar-refractivity contribution in [2.24, 2.45) is 0 Å². The molecule has 9 heteroatoms. The summed E-state index contributed by atoms with van der Waals surface area (Å²) in [4.78, 5) is 23.2. The maximum Gasteiger partial charge on any atom is 0.418 e. The number of carboxylic acid groups (broad SMARTS) is 1. The molecule has 21 heavy (non-hydrogen) atoms. The lowest BCUT2D eigenvalue weighted by Gasteiger charge is -2.48. The number of carbonyl (C=O) groups is 2. The zero-order valence-electron chi connectivity index (χ0n) is 12.1. The number of carbonyl (C=O) groups excluding carboxylic acids is 1. The molecular weight excluding hydrogens is 293 g/mol. The predicted octanol–water partition coefficient (Wildman–Crippen LogP) is 1.60. The van der Waals surface area contributed by atoms with E-state index in [-0.39, 0.29) is 19.5 Å². The maximum absolute atomic E-state index is 13.1. The van der Waals surface area contributed by atoms with Crippen molar-refractivity contribution in [3.8, 4) is 0 Å². The molecule has 1 aliphatic rings. The smallest absolute Gasteiger partial charge is 0.418 e. The molecule has 122 valence electrons. The van der Waals surface area contributed by atoms with Crippen molar-refractivity contribution in [2.45, 2.75) is 44.6 Å². The van der Waals surface area contributed by atoms with Crippen LogP contribution in [0.4, 0.5) is 18.0 Å². The van der Waals surface area contributed by atoms with E-state index in [1.807, 2.05) is 0 Å². The summed E-state index contributed by atoms with van der Waals surface area (Å²) < 4.78 is 44.4. The molecule has 1 aliphatic heterocycles. The van der Waals surface area contributed by atoms with Crippen molar-refractivity contribution in [3.05, 3.63) is 0 Å². The minimum Gasteiger partial charge on any atom is -0.481 e. The van der Waals surface area contributed by atoms with Crippen LogP contribution in [-0.2, 0) is 9.53 Å². The molecule has 2 N–H and O–H groups in total. The van der Waals surface area contributed by atoms with Crippen molar-refractivity contribution in [1.82, 2.24) is 10.2 Å². The second kappa shape index (κ2) is 5.70. The molecule has 6 nitrogen and oxygen atoms in total. The quantitative estimate of drug-likeness (QED) is 0.830. The van der Waals surface area contributed by atoms with Gasteiger partial charge in [0.25, 0.3) is 0 Å². The number of amides is 2. The van der Waals surface area contributed by atoms with Crippen molar-refractivity contribution >= 4 is 12.0 Å². The lowest BCUT2D eigenvalue weighted by Crippen LogP contribution is -2.66. The van der Waals surface area contributed by atoms with Crippen LogP contribution in [0, 0.1) is 0 Å². The Morgan fingerprint density at radius 2 is 1.86 bits per heavy atom.